The minimum absolute atomic E-state index is 0.0842. The minimum Gasteiger partial charge on any atom is -0.328 e. The minimum atomic E-state index is -0.0842. The van der Waals surface area contributed by atoms with Gasteiger partial charge < -0.3 is 9.88 Å². The Morgan fingerprint density at radius 1 is 1.04 bits per heavy atom. The predicted octanol–water partition coefficient (Wildman–Crippen LogP) is 4.76. The van der Waals surface area contributed by atoms with Gasteiger partial charge in [-0.05, 0) is 80.6 Å². The molecular weight excluding hydrogens is 322 g/mol. The number of fused-ring (bicyclic) bond motifs is 1. The smallest absolute Gasteiger partial charge is 0.255 e. The monoisotopic (exact) mass is 345 g/mol. The third-order valence-corrected chi connectivity index (χ3v) is 5.17. The van der Waals surface area contributed by atoms with Crippen molar-refractivity contribution >= 4 is 11.6 Å². The molecule has 1 aliphatic heterocycles. The third kappa shape index (κ3) is 3.15. The number of benzene rings is 2. The second kappa shape index (κ2) is 6.79. The zero-order valence-electron chi connectivity index (χ0n) is 15.2. The van der Waals surface area contributed by atoms with E-state index in [-0.39, 0.29) is 5.91 Å². The summed E-state index contributed by atoms with van der Waals surface area (Å²) in [5.41, 5.74) is 6.19. The van der Waals surface area contributed by atoms with Gasteiger partial charge in [0.1, 0.15) is 5.82 Å². The Bertz CT molecular complexity index is 954. The van der Waals surface area contributed by atoms with Crippen LogP contribution in [0.15, 0.2) is 48.7 Å². The Morgan fingerprint density at radius 2 is 1.85 bits per heavy atom. The number of nitrogens with zero attached hydrogens (tertiary/aromatic N) is 2. The van der Waals surface area contributed by atoms with Gasteiger partial charge in [0.2, 0.25) is 0 Å². The molecule has 0 saturated carbocycles. The van der Waals surface area contributed by atoms with Gasteiger partial charge in [-0.1, -0.05) is 6.07 Å². The summed E-state index contributed by atoms with van der Waals surface area (Å²) in [5, 5.41) is 2.97. The second-order valence-corrected chi connectivity index (χ2v) is 7.01. The molecule has 1 aromatic heterocycles. The number of nitrogens with one attached hydrogen (secondary N) is 1. The molecule has 26 heavy (non-hydrogen) atoms. The van der Waals surface area contributed by atoms with E-state index in [1.165, 1.54) is 24.1 Å². The summed E-state index contributed by atoms with van der Waals surface area (Å²) < 4.78 is 2.31. The lowest BCUT2D eigenvalue weighted by Crippen LogP contribution is -2.12. The summed E-state index contributed by atoms with van der Waals surface area (Å²) in [6.45, 7) is 5.10. The number of aromatic nitrogens is 2. The Balaban J connectivity index is 1.52. The highest BCUT2D eigenvalue weighted by Gasteiger charge is 2.15. The number of imidazole rings is 1. The molecule has 0 fully saturated rings. The molecule has 0 bridgehead atoms. The van der Waals surface area contributed by atoms with Crippen LogP contribution in [0, 0.1) is 13.8 Å². The first kappa shape index (κ1) is 16.6. The normalized spacial score (nSPS) is 13.3. The van der Waals surface area contributed by atoms with E-state index < -0.39 is 0 Å². The fourth-order valence-corrected chi connectivity index (χ4v) is 3.46. The van der Waals surface area contributed by atoms with Crippen molar-refractivity contribution in [1.29, 1.82) is 0 Å². The number of rotatable bonds is 3. The predicted molar refractivity (Wildman–Crippen MR) is 104 cm³/mol. The van der Waals surface area contributed by atoms with Crippen molar-refractivity contribution in [3.05, 3.63) is 71.0 Å². The number of carbonyl (C=O) groups is 1. The van der Waals surface area contributed by atoms with E-state index in [1.807, 2.05) is 62.5 Å². The lowest BCUT2D eigenvalue weighted by atomic mass is 10.1. The molecule has 4 heteroatoms. The van der Waals surface area contributed by atoms with Gasteiger partial charge in [0, 0.05) is 35.2 Å². The molecule has 4 rings (SSSR count). The van der Waals surface area contributed by atoms with Crippen LogP contribution >= 0.6 is 0 Å². The molecular formula is C22H23N3O. The van der Waals surface area contributed by atoms with Crippen LogP contribution in [-0.4, -0.2) is 15.5 Å². The van der Waals surface area contributed by atoms with E-state index in [9.17, 15) is 4.79 Å². The molecule has 1 amide bonds. The van der Waals surface area contributed by atoms with Gasteiger partial charge in [0.15, 0.2) is 0 Å². The highest BCUT2D eigenvalue weighted by atomic mass is 16.1. The van der Waals surface area contributed by atoms with Crippen LogP contribution in [0.2, 0.25) is 0 Å². The van der Waals surface area contributed by atoms with Crippen molar-refractivity contribution in [2.45, 2.75) is 39.7 Å². The van der Waals surface area contributed by atoms with Crippen LogP contribution in [0.25, 0.3) is 11.4 Å². The topological polar surface area (TPSA) is 46.9 Å². The van der Waals surface area contributed by atoms with E-state index >= 15 is 0 Å². The number of anilines is 1. The maximum Gasteiger partial charge on any atom is 0.255 e. The first-order valence-corrected chi connectivity index (χ1v) is 9.15. The largest absolute Gasteiger partial charge is 0.328 e. The number of amides is 1. The molecule has 132 valence electrons. The van der Waals surface area contributed by atoms with Crippen molar-refractivity contribution in [3.63, 3.8) is 0 Å². The summed E-state index contributed by atoms with van der Waals surface area (Å²) in [6.07, 6.45) is 5.55. The maximum atomic E-state index is 12.5. The number of hydrogen-bond donors (Lipinski definition) is 1. The van der Waals surface area contributed by atoms with Crippen LogP contribution in [0.5, 0.6) is 0 Å². The average Bonchev–Trinajstić information content (AvgIpc) is 3.09. The number of aryl methyl sites for hydroxylation is 3. The van der Waals surface area contributed by atoms with Crippen LogP contribution in [-0.2, 0) is 13.0 Å². The Kier molecular flexibility index (Phi) is 4.33. The summed E-state index contributed by atoms with van der Waals surface area (Å²) in [4.78, 5) is 17.1. The highest BCUT2D eigenvalue weighted by Crippen LogP contribution is 2.25. The molecule has 3 aromatic rings. The molecule has 0 unspecified atom stereocenters. The van der Waals surface area contributed by atoms with Gasteiger partial charge in [-0.2, -0.15) is 0 Å². The molecule has 0 saturated heterocycles. The molecule has 1 N–H and O–H groups in total. The van der Waals surface area contributed by atoms with Crippen LogP contribution < -0.4 is 5.32 Å². The molecule has 0 radical (unpaired) electrons. The standard InChI is InChI=1S/C22H23N3O/c1-15-6-7-18(13-16(15)2)22(26)24-19-10-8-17(9-11-19)21-23-14-20-5-3-4-12-25(20)21/h6-11,13-14H,3-5,12H2,1-2H3,(H,24,26). The summed E-state index contributed by atoms with van der Waals surface area (Å²) >= 11 is 0. The quantitative estimate of drug-likeness (QED) is 0.744. The summed E-state index contributed by atoms with van der Waals surface area (Å²) in [6, 6.07) is 13.7. The average molecular weight is 345 g/mol. The number of carbonyl (C=O) groups excluding carboxylic acids is 1. The van der Waals surface area contributed by atoms with Crippen LogP contribution in [0.3, 0.4) is 0 Å². The van der Waals surface area contributed by atoms with E-state index in [2.05, 4.69) is 14.9 Å². The summed E-state index contributed by atoms with van der Waals surface area (Å²) in [5.74, 6) is 0.936. The van der Waals surface area contributed by atoms with Crippen LogP contribution in [0.4, 0.5) is 5.69 Å². The molecule has 4 nitrogen and oxygen atoms in total. The zero-order chi connectivity index (χ0) is 18.1. The number of hydrogen-bond acceptors (Lipinski definition) is 2. The van der Waals surface area contributed by atoms with Crippen LogP contribution in [0.1, 0.15) is 40.0 Å². The molecule has 0 spiro atoms. The van der Waals surface area contributed by atoms with Gasteiger partial charge in [-0.15, -0.1) is 0 Å². The van der Waals surface area contributed by atoms with Gasteiger partial charge in [0.25, 0.3) is 5.91 Å². The Morgan fingerprint density at radius 3 is 2.62 bits per heavy atom. The van der Waals surface area contributed by atoms with E-state index in [1.54, 1.807) is 0 Å². The first-order valence-electron chi connectivity index (χ1n) is 9.15. The van der Waals surface area contributed by atoms with E-state index in [0.29, 0.717) is 5.56 Å². The van der Waals surface area contributed by atoms with Crippen molar-refractivity contribution in [2.75, 3.05) is 5.32 Å². The van der Waals surface area contributed by atoms with Crippen molar-refractivity contribution in [2.24, 2.45) is 0 Å². The fraction of sp³-hybridized carbons (Fsp3) is 0.273. The molecule has 2 heterocycles. The first-order chi connectivity index (χ1) is 12.6. The lowest BCUT2D eigenvalue weighted by molar-refractivity contribution is 0.102. The van der Waals surface area contributed by atoms with Gasteiger partial charge >= 0.3 is 0 Å². The van der Waals surface area contributed by atoms with Gasteiger partial charge in [0.05, 0.1) is 0 Å². The zero-order valence-corrected chi connectivity index (χ0v) is 15.2. The lowest BCUT2D eigenvalue weighted by Gasteiger charge is -2.16. The summed E-state index contributed by atoms with van der Waals surface area (Å²) in [7, 11) is 0. The van der Waals surface area contributed by atoms with Crippen molar-refractivity contribution < 1.29 is 4.79 Å². The SMILES string of the molecule is Cc1ccc(C(=O)Nc2ccc(-c3ncc4n3CCCC4)cc2)cc1C. The third-order valence-electron chi connectivity index (χ3n) is 5.17. The fourth-order valence-electron chi connectivity index (χ4n) is 3.46. The molecule has 2 aromatic carbocycles. The van der Waals surface area contributed by atoms with Gasteiger partial charge in [-0.25, -0.2) is 4.98 Å². The van der Waals surface area contributed by atoms with Gasteiger partial charge in [-0.3, -0.25) is 4.79 Å². The molecule has 0 atom stereocenters. The highest BCUT2D eigenvalue weighted by molar-refractivity contribution is 6.04. The van der Waals surface area contributed by atoms with Crippen molar-refractivity contribution in [1.82, 2.24) is 9.55 Å². The Hall–Kier alpha value is -2.88. The molecule has 1 aliphatic rings. The van der Waals surface area contributed by atoms with E-state index in [4.69, 9.17) is 0 Å². The maximum absolute atomic E-state index is 12.5. The van der Waals surface area contributed by atoms with E-state index in [0.717, 1.165) is 35.6 Å². The van der Waals surface area contributed by atoms with Crippen molar-refractivity contribution in [3.8, 4) is 11.4 Å². The molecule has 0 aliphatic carbocycles. The second-order valence-electron chi connectivity index (χ2n) is 7.01. The Labute approximate surface area is 153 Å².